The van der Waals surface area contributed by atoms with Gasteiger partial charge in [0.15, 0.2) is 0 Å². The molecule has 0 aliphatic heterocycles. The fourth-order valence-electron chi connectivity index (χ4n) is 2.94. The van der Waals surface area contributed by atoms with Gasteiger partial charge in [0, 0.05) is 40.7 Å². The first-order chi connectivity index (χ1) is 13.0. The van der Waals surface area contributed by atoms with Gasteiger partial charge in [-0.25, -0.2) is 22.5 Å². The largest absolute Gasteiger partial charge is 0.391 e. The zero-order valence-corrected chi connectivity index (χ0v) is 13.8. The van der Waals surface area contributed by atoms with E-state index < -0.39 is 35.4 Å². The summed E-state index contributed by atoms with van der Waals surface area (Å²) in [6.07, 6.45) is 3.09. The van der Waals surface area contributed by atoms with E-state index in [0.717, 1.165) is 18.2 Å². The minimum Gasteiger partial charge on any atom is -0.391 e. The van der Waals surface area contributed by atoms with E-state index in [9.17, 15) is 17.6 Å². The molecular formula is C20H12F4N2O. The fourth-order valence-corrected chi connectivity index (χ4v) is 2.94. The Morgan fingerprint density at radius 3 is 2.37 bits per heavy atom. The van der Waals surface area contributed by atoms with Crippen molar-refractivity contribution in [1.82, 2.24) is 9.38 Å². The second-order valence-corrected chi connectivity index (χ2v) is 5.98. The Morgan fingerprint density at radius 2 is 1.63 bits per heavy atom. The first kappa shape index (κ1) is 17.2. The monoisotopic (exact) mass is 372 g/mol. The van der Waals surface area contributed by atoms with E-state index >= 15 is 0 Å². The number of imidazole rings is 1. The van der Waals surface area contributed by atoms with Crippen molar-refractivity contribution in [2.24, 2.45) is 0 Å². The Hall–Kier alpha value is -3.19. The number of aliphatic hydroxyl groups excluding tert-OH is 1. The topological polar surface area (TPSA) is 37.5 Å². The molecule has 4 rings (SSSR count). The van der Waals surface area contributed by atoms with Crippen molar-refractivity contribution in [3.63, 3.8) is 0 Å². The highest BCUT2D eigenvalue weighted by Gasteiger charge is 2.16. The van der Waals surface area contributed by atoms with Crippen molar-refractivity contribution in [3.8, 4) is 22.4 Å². The van der Waals surface area contributed by atoms with E-state index in [1.807, 2.05) is 0 Å². The molecule has 0 aliphatic rings. The van der Waals surface area contributed by atoms with Crippen LogP contribution in [-0.2, 0) is 6.61 Å². The van der Waals surface area contributed by atoms with E-state index in [2.05, 4.69) is 4.98 Å². The summed E-state index contributed by atoms with van der Waals surface area (Å²) in [7, 11) is 0. The number of nitrogens with zero attached hydrogens (tertiary/aromatic N) is 2. The van der Waals surface area contributed by atoms with Crippen LogP contribution in [-0.4, -0.2) is 14.5 Å². The van der Waals surface area contributed by atoms with Crippen LogP contribution in [0.3, 0.4) is 0 Å². The number of fused-ring (bicyclic) bond motifs is 1. The van der Waals surface area contributed by atoms with Crippen molar-refractivity contribution >= 4 is 5.65 Å². The summed E-state index contributed by atoms with van der Waals surface area (Å²) in [5.74, 6) is -3.09. The lowest BCUT2D eigenvalue weighted by Gasteiger charge is -2.08. The van der Waals surface area contributed by atoms with Crippen LogP contribution >= 0.6 is 0 Å². The van der Waals surface area contributed by atoms with Crippen molar-refractivity contribution in [2.75, 3.05) is 0 Å². The third kappa shape index (κ3) is 2.96. The zero-order chi connectivity index (χ0) is 19.1. The van der Waals surface area contributed by atoms with E-state index in [1.165, 1.54) is 18.3 Å². The number of hydrogen-bond donors (Lipinski definition) is 1. The number of hydrogen-bond acceptors (Lipinski definition) is 2. The van der Waals surface area contributed by atoms with Crippen LogP contribution in [0, 0.1) is 23.3 Å². The second kappa shape index (κ2) is 6.51. The quantitative estimate of drug-likeness (QED) is 0.529. The number of pyridine rings is 1. The lowest BCUT2D eigenvalue weighted by atomic mass is 10.0. The van der Waals surface area contributed by atoms with E-state index in [4.69, 9.17) is 5.11 Å². The smallest absolute Gasteiger partial charge is 0.139 e. The molecule has 2 heterocycles. The number of benzene rings is 2. The van der Waals surface area contributed by atoms with Crippen LogP contribution in [0.2, 0.25) is 0 Å². The first-order valence-electron chi connectivity index (χ1n) is 8.00. The van der Waals surface area contributed by atoms with E-state index in [0.29, 0.717) is 16.9 Å². The predicted molar refractivity (Wildman–Crippen MR) is 91.8 cm³/mol. The Bertz CT molecular complexity index is 1170. The highest BCUT2D eigenvalue weighted by Crippen LogP contribution is 2.29. The fraction of sp³-hybridized carbons (Fsp3) is 0.0500. The molecule has 7 heteroatoms. The van der Waals surface area contributed by atoms with Crippen LogP contribution in [0.25, 0.3) is 28.0 Å². The summed E-state index contributed by atoms with van der Waals surface area (Å²) in [5, 5.41) is 9.16. The van der Waals surface area contributed by atoms with Gasteiger partial charge in [-0.05, 0) is 36.4 Å². The van der Waals surface area contributed by atoms with Gasteiger partial charge in [0.05, 0.1) is 12.3 Å². The summed E-state index contributed by atoms with van der Waals surface area (Å²) in [6.45, 7) is -0.757. The lowest BCUT2D eigenvalue weighted by Crippen LogP contribution is -1.98. The Balaban J connectivity index is 1.82. The molecule has 0 saturated carbocycles. The summed E-state index contributed by atoms with van der Waals surface area (Å²) in [5.41, 5.74) is 1.04. The molecule has 0 unspecified atom stereocenters. The van der Waals surface area contributed by atoms with Gasteiger partial charge in [-0.15, -0.1) is 0 Å². The SMILES string of the molecule is OCc1c(F)ccc(-c2ccc3nc(-c4ccc(F)cc4F)cn3c2)c1F. The summed E-state index contributed by atoms with van der Waals surface area (Å²) >= 11 is 0. The van der Waals surface area contributed by atoms with Gasteiger partial charge in [-0.3, -0.25) is 0 Å². The summed E-state index contributed by atoms with van der Waals surface area (Å²) < 4.78 is 56.7. The molecule has 0 aliphatic carbocycles. The third-order valence-electron chi connectivity index (χ3n) is 4.31. The molecule has 0 atom stereocenters. The highest BCUT2D eigenvalue weighted by molar-refractivity contribution is 5.69. The van der Waals surface area contributed by atoms with Crippen molar-refractivity contribution in [2.45, 2.75) is 6.61 Å². The van der Waals surface area contributed by atoms with Crippen molar-refractivity contribution in [3.05, 3.63) is 83.7 Å². The molecule has 136 valence electrons. The molecule has 4 aromatic rings. The number of rotatable bonds is 3. The molecule has 0 radical (unpaired) electrons. The van der Waals surface area contributed by atoms with Gasteiger partial charge in [-0.1, -0.05) is 0 Å². The molecule has 1 N–H and O–H groups in total. The van der Waals surface area contributed by atoms with Crippen LogP contribution < -0.4 is 0 Å². The molecule has 0 amide bonds. The molecular weight excluding hydrogens is 360 g/mol. The van der Waals surface area contributed by atoms with Crippen LogP contribution in [0.4, 0.5) is 17.6 Å². The van der Waals surface area contributed by atoms with Crippen LogP contribution in [0.15, 0.2) is 54.9 Å². The lowest BCUT2D eigenvalue weighted by molar-refractivity contribution is 0.269. The van der Waals surface area contributed by atoms with Gasteiger partial charge in [0.25, 0.3) is 0 Å². The van der Waals surface area contributed by atoms with Gasteiger partial charge >= 0.3 is 0 Å². The maximum absolute atomic E-state index is 14.5. The average Bonchev–Trinajstić information content (AvgIpc) is 3.05. The minimum atomic E-state index is -0.846. The molecule has 3 nitrogen and oxygen atoms in total. The zero-order valence-electron chi connectivity index (χ0n) is 13.8. The minimum absolute atomic E-state index is 0.116. The van der Waals surface area contributed by atoms with E-state index in [1.54, 1.807) is 22.7 Å². The Morgan fingerprint density at radius 1 is 0.852 bits per heavy atom. The normalized spacial score (nSPS) is 11.3. The maximum Gasteiger partial charge on any atom is 0.139 e. The third-order valence-corrected chi connectivity index (χ3v) is 4.31. The summed E-state index contributed by atoms with van der Waals surface area (Å²) in [6, 6.07) is 8.75. The molecule has 2 aromatic heterocycles. The van der Waals surface area contributed by atoms with Crippen LogP contribution in [0.1, 0.15) is 5.56 Å². The Labute approximate surface area is 151 Å². The molecule has 0 saturated heterocycles. The van der Waals surface area contributed by atoms with Crippen molar-refractivity contribution in [1.29, 1.82) is 0 Å². The van der Waals surface area contributed by atoms with Gasteiger partial charge < -0.3 is 9.51 Å². The van der Waals surface area contributed by atoms with Gasteiger partial charge in [0.2, 0.25) is 0 Å². The van der Waals surface area contributed by atoms with Gasteiger partial charge in [-0.2, -0.15) is 0 Å². The molecule has 27 heavy (non-hydrogen) atoms. The number of aliphatic hydroxyl groups is 1. The van der Waals surface area contributed by atoms with Crippen molar-refractivity contribution < 1.29 is 22.7 Å². The Kier molecular flexibility index (Phi) is 4.16. The number of aromatic nitrogens is 2. The average molecular weight is 372 g/mol. The molecule has 0 bridgehead atoms. The molecule has 0 spiro atoms. The predicted octanol–water partition coefficient (Wildman–Crippen LogP) is 4.72. The number of halogens is 4. The molecule has 2 aromatic carbocycles. The molecule has 0 fully saturated rings. The van der Waals surface area contributed by atoms with Crippen LogP contribution in [0.5, 0.6) is 0 Å². The first-order valence-corrected chi connectivity index (χ1v) is 8.00. The summed E-state index contributed by atoms with van der Waals surface area (Å²) in [4.78, 5) is 4.29. The van der Waals surface area contributed by atoms with Gasteiger partial charge in [0.1, 0.15) is 28.9 Å². The maximum atomic E-state index is 14.5. The second-order valence-electron chi connectivity index (χ2n) is 5.98. The standard InChI is InChI=1S/C20H12F4N2O/c21-12-2-3-14(17(23)7-12)18-9-26-8-11(1-6-19(26)25-18)13-4-5-16(22)15(10-27)20(13)24/h1-9,27H,10H2. The van der Waals surface area contributed by atoms with E-state index in [-0.39, 0.29) is 11.1 Å². The highest BCUT2D eigenvalue weighted by atomic mass is 19.1.